The first-order valence-corrected chi connectivity index (χ1v) is 5.32. The molecular weight excluding hydrogens is 302 g/mol. The summed E-state index contributed by atoms with van der Waals surface area (Å²) >= 11 is 11.0. The van der Waals surface area contributed by atoms with Gasteiger partial charge in [-0.2, -0.15) is 13.2 Å². The van der Waals surface area contributed by atoms with E-state index in [1.54, 1.807) is 0 Å². The second-order valence-electron chi connectivity index (χ2n) is 3.70. The van der Waals surface area contributed by atoms with E-state index < -0.39 is 39.4 Å². The molecular formula is C10H7Cl2F5O. The highest BCUT2D eigenvalue weighted by Gasteiger charge is 2.41. The molecule has 0 bridgehead atoms. The van der Waals surface area contributed by atoms with Gasteiger partial charge in [-0.1, -0.05) is 23.2 Å². The number of benzene rings is 1. The summed E-state index contributed by atoms with van der Waals surface area (Å²) in [6.45, 7) is 0.467. The molecule has 1 unspecified atom stereocenters. The molecule has 1 nitrogen and oxygen atoms in total. The SMILES string of the molecule is CC(F)(F)c1cc(C(O)C(F)(F)F)cc(Cl)c1Cl. The van der Waals surface area contributed by atoms with Crippen molar-refractivity contribution in [2.75, 3.05) is 0 Å². The lowest BCUT2D eigenvalue weighted by Gasteiger charge is -2.19. The van der Waals surface area contributed by atoms with E-state index in [0.29, 0.717) is 19.1 Å². The summed E-state index contributed by atoms with van der Waals surface area (Å²) in [5, 5.41) is 7.97. The molecule has 0 saturated carbocycles. The normalized spacial score (nSPS) is 14.7. The van der Waals surface area contributed by atoms with Gasteiger partial charge in [0.25, 0.3) is 5.92 Å². The molecule has 0 aromatic heterocycles. The maximum Gasteiger partial charge on any atom is 0.418 e. The zero-order valence-electron chi connectivity index (χ0n) is 8.83. The molecule has 0 aliphatic rings. The largest absolute Gasteiger partial charge is 0.418 e. The molecule has 18 heavy (non-hydrogen) atoms. The molecule has 0 amide bonds. The number of alkyl halides is 5. The standard InChI is InChI=1S/C10H7Cl2F5O/c1-9(13,14)5-2-4(3-6(11)7(5)12)8(18)10(15,16)17/h2-3,8,18H,1H3. The van der Waals surface area contributed by atoms with Crippen molar-refractivity contribution >= 4 is 23.2 Å². The van der Waals surface area contributed by atoms with E-state index in [4.69, 9.17) is 28.3 Å². The van der Waals surface area contributed by atoms with Crippen LogP contribution in [0.25, 0.3) is 0 Å². The molecule has 0 heterocycles. The first-order valence-electron chi connectivity index (χ1n) is 4.56. The average Bonchev–Trinajstić information content (AvgIpc) is 2.17. The molecule has 0 aliphatic carbocycles. The number of hydrogen-bond acceptors (Lipinski definition) is 1. The predicted molar refractivity (Wildman–Crippen MR) is 57.0 cm³/mol. The summed E-state index contributed by atoms with van der Waals surface area (Å²) in [6.07, 6.45) is -7.87. The Morgan fingerprint density at radius 1 is 1.11 bits per heavy atom. The van der Waals surface area contributed by atoms with Gasteiger partial charge in [0.15, 0.2) is 6.10 Å². The third-order valence-electron chi connectivity index (χ3n) is 2.15. The Hall–Kier alpha value is -0.590. The van der Waals surface area contributed by atoms with Crippen molar-refractivity contribution in [3.05, 3.63) is 33.3 Å². The number of aliphatic hydroxyl groups excluding tert-OH is 1. The minimum Gasteiger partial charge on any atom is -0.379 e. The summed E-state index contributed by atoms with van der Waals surface area (Å²) in [5.74, 6) is -3.47. The lowest BCUT2D eigenvalue weighted by molar-refractivity contribution is -0.206. The van der Waals surface area contributed by atoms with E-state index in [1.165, 1.54) is 0 Å². The molecule has 0 fully saturated rings. The molecule has 1 aromatic carbocycles. The third kappa shape index (κ3) is 3.24. The molecule has 0 aliphatic heterocycles. The fourth-order valence-electron chi connectivity index (χ4n) is 1.28. The number of halogens is 7. The van der Waals surface area contributed by atoms with Crippen molar-refractivity contribution in [3.63, 3.8) is 0 Å². The van der Waals surface area contributed by atoms with Crippen LogP contribution in [0.1, 0.15) is 24.2 Å². The first kappa shape index (κ1) is 15.5. The molecule has 1 atom stereocenters. The Bertz CT molecular complexity index is 453. The van der Waals surface area contributed by atoms with Crippen LogP contribution in [-0.2, 0) is 5.92 Å². The van der Waals surface area contributed by atoms with Crippen LogP contribution in [0.2, 0.25) is 10.0 Å². The highest BCUT2D eigenvalue weighted by Crippen LogP contribution is 2.41. The molecule has 0 saturated heterocycles. The first-order chi connectivity index (χ1) is 7.94. The minimum absolute atomic E-state index is 0.467. The van der Waals surface area contributed by atoms with Crippen molar-refractivity contribution < 1.29 is 27.1 Å². The predicted octanol–water partition coefficient (Wildman–Crippen LogP) is 4.70. The van der Waals surface area contributed by atoms with Crippen molar-refractivity contribution in [2.24, 2.45) is 0 Å². The number of hydrogen-bond donors (Lipinski definition) is 1. The summed E-state index contributed by atoms with van der Waals surface area (Å²) in [6, 6.07) is 1.20. The average molecular weight is 309 g/mol. The molecule has 1 aromatic rings. The van der Waals surface area contributed by atoms with E-state index in [2.05, 4.69) is 0 Å². The second-order valence-corrected chi connectivity index (χ2v) is 4.48. The molecule has 0 radical (unpaired) electrons. The quantitative estimate of drug-likeness (QED) is 0.785. The zero-order chi connectivity index (χ0) is 14.3. The van der Waals surface area contributed by atoms with Crippen molar-refractivity contribution in [2.45, 2.75) is 25.1 Å². The van der Waals surface area contributed by atoms with Gasteiger partial charge in [0.05, 0.1) is 10.0 Å². The highest BCUT2D eigenvalue weighted by atomic mass is 35.5. The minimum atomic E-state index is -4.97. The van der Waals surface area contributed by atoms with Gasteiger partial charge in [0.2, 0.25) is 0 Å². The Labute approximate surface area is 109 Å². The maximum atomic E-state index is 13.1. The fourth-order valence-corrected chi connectivity index (χ4v) is 1.78. The van der Waals surface area contributed by atoms with Crippen LogP contribution in [-0.4, -0.2) is 11.3 Å². The van der Waals surface area contributed by atoms with E-state index in [-0.39, 0.29) is 0 Å². The summed E-state index contributed by atoms with van der Waals surface area (Å²) in [5.41, 5.74) is -1.65. The van der Waals surface area contributed by atoms with Crippen molar-refractivity contribution in [3.8, 4) is 0 Å². The Balaban J connectivity index is 3.38. The van der Waals surface area contributed by atoms with E-state index >= 15 is 0 Å². The van der Waals surface area contributed by atoms with Crippen LogP contribution in [0.3, 0.4) is 0 Å². The second kappa shape index (κ2) is 4.83. The van der Waals surface area contributed by atoms with Gasteiger partial charge >= 0.3 is 6.18 Å². The molecule has 8 heteroatoms. The Kier molecular flexibility index (Phi) is 4.15. The lowest BCUT2D eigenvalue weighted by Crippen LogP contribution is -2.21. The van der Waals surface area contributed by atoms with Crippen LogP contribution in [0.15, 0.2) is 12.1 Å². The van der Waals surface area contributed by atoms with Crippen molar-refractivity contribution in [1.82, 2.24) is 0 Å². The van der Waals surface area contributed by atoms with Gasteiger partial charge in [-0.05, 0) is 17.7 Å². The van der Waals surface area contributed by atoms with E-state index in [9.17, 15) is 22.0 Å². The van der Waals surface area contributed by atoms with Gasteiger partial charge in [-0.15, -0.1) is 0 Å². The topological polar surface area (TPSA) is 20.2 Å². The van der Waals surface area contributed by atoms with Gasteiger partial charge in [0.1, 0.15) is 0 Å². The van der Waals surface area contributed by atoms with Gasteiger partial charge < -0.3 is 5.11 Å². The van der Waals surface area contributed by atoms with Crippen molar-refractivity contribution in [1.29, 1.82) is 0 Å². The summed E-state index contributed by atoms with van der Waals surface area (Å²) in [7, 11) is 0. The fraction of sp³-hybridized carbons (Fsp3) is 0.400. The maximum absolute atomic E-state index is 13.1. The third-order valence-corrected chi connectivity index (χ3v) is 2.95. The summed E-state index contributed by atoms with van der Waals surface area (Å²) < 4.78 is 63.1. The van der Waals surface area contributed by atoms with E-state index in [0.717, 1.165) is 0 Å². The molecule has 0 spiro atoms. The molecule has 1 N–H and O–H groups in total. The van der Waals surface area contributed by atoms with Crippen LogP contribution < -0.4 is 0 Å². The van der Waals surface area contributed by atoms with Crippen LogP contribution in [0.4, 0.5) is 22.0 Å². The highest BCUT2D eigenvalue weighted by molar-refractivity contribution is 6.42. The monoisotopic (exact) mass is 308 g/mol. The van der Waals surface area contributed by atoms with Gasteiger partial charge in [-0.25, -0.2) is 8.78 Å². The Morgan fingerprint density at radius 2 is 1.61 bits per heavy atom. The van der Waals surface area contributed by atoms with Gasteiger partial charge in [0, 0.05) is 12.5 Å². The number of rotatable bonds is 2. The zero-order valence-corrected chi connectivity index (χ0v) is 10.3. The molecule has 1 rings (SSSR count). The van der Waals surface area contributed by atoms with Crippen LogP contribution in [0, 0.1) is 0 Å². The van der Waals surface area contributed by atoms with Gasteiger partial charge in [-0.3, -0.25) is 0 Å². The number of aliphatic hydroxyl groups is 1. The summed E-state index contributed by atoms with van der Waals surface area (Å²) in [4.78, 5) is 0. The lowest BCUT2D eigenvalue weighted by atomic mass is 10.0. The van der Waals surface area contributed by atoms with Crippen LogP contribution in [0.5, 0.6) is 0 Å². The smallest absolute Gasteiger partial charge is 0.379 e. The van der Waals surface area contributed by atoms with E-state index in [1.807, 2.05) is 0 Å². The molecule has 102 valence electrons. The van der Waals surface area contributed by atoms with Crippen LogP contribution >= 0.6 is 23.2 Å². The Morgan fingerprint density at radius 3 is 2.00 bits per heavy atom.